The maximum atomic E-state index is 12.4. The Morgan fingerprint density at radius 3 is 2.62 bits per heavy atom. The van der Waals surface area contributed by atoms with E-state index in [1.165, 1.54) is 0 Å². The Hall–Kier alpha value is -2.31. The van der Waals surface area contributed by atoms with Gasteiger partial charge in [-0.25, -0.2) is 14.8 Å². The summed E-state index contributed by atoms with van der Waals surface area (Å²) in [5.74, 6) is 0.492. The molecule has 0 radical (unpaired) electrons. The van der Waals surface area contributed by atoms with E-state index in [0.29, 0.717) is 18.1 Å². The number of ether oxygens (including phenoxy) is 2. The van der Waals surface area contributed by atoms with Crippen LogP contribution in [0.5, 0.6) is 5.88 Å². The van der Waals surface area contributed by atoms with Crippen LogP contribution in [0, 0.1) is 0 Å². The van der Waals surface area contributed by atoms with Crippen molar-refractivity contribution in [3.63, 3.8) is 0 Å². The zero-order valence-corrected chi connectivity index (χ0v) is 14.6. The fourth-order valence-electron chi connectivity index (χ4n) is 2.82. The summed E-state index contributed by atoms with van der Waals surface area (Å²) >= 11 is 0. The predicted octanol–water partition coefficient (Wildman–Crippen LogP) is 2.90. The Bertz CT molecular complexity index is 722. The van der Waals surface area contributed by atoms with Gasteiger partial charge in [0, 0.05) is 30.8 Å². The van der Waals surface area contributed by atoms with E-state index < -0.39 is 5.60 Å². The average Bonchev–Trinajstić information content (AvgIpc) is 2.97. The third-order valence-electron chi connectivity index (χ3n) is 4.02. The topological polar surface area (TPSA) is 69.0 Å². The fraction of sp³-hybridized carbons (Fsp3) is 0.588. The number of carbonyl (C=O) groups is 1. The number of imidazole rings is 1. The minimum Gasteiger partial charge on any atom is -0.470 e. The molecule has 1 aliphatic heterocycles. The molecule has 0 aromatic carbocycles. The van der Waals surface area contributed by atoms with Gasteiger partial charge in [-0.15, -0.1) is 0 Å². The molecule has 2 aromatic rings. The SMILES string of the molecule is C[C@@H]1CC[C@@H](Oc2nccn3ccnc23)CN1C(=O)OC(C)(C)C. The minimum atomic E-state index is -0.506. The number of hydrogen-bond acceptors (Lipinski definition) is 5. The van der Waals surface area contributed by atoms with Gasteiger partial charge in [-0.3, -0.25) is 0 Å². The molecule has 0 N–H and O–H groups in total. The molecule has 7 nitrogen and oxygen atoms in total. The Morgan fingerprint density at radius 1 is 1.21 bits per heavy atom. The van der Waals surface area contributed by atoms with E-state index >= 15 is 0 Å². The van der Waals surface area contributed by atoms with Crippen LogP contribution in [-0.2, 0) is 4.74 Å². The molecule has 130 valence electrons. The summed E-state index contributed by atoms with van der Waals surface area (Å²) in [6, 6.07) is 0.134. The zero-order chi connectivity index (χ0) is 17.3. The van der Waals surface area contributed by atoms with Crippen LogP contribution in [0.1, 0.15) is 40.5 Å². The maximum Gasteiger partial charge on any atom is 0.410 e. The van der Waals surface area contributed by atoms with Crippen LogP contribution in [0.4, 0.5) is 4.79 Å². The summed E-state index contributed by atoms with van der Waals surface area (Å²) in [5, 5.41) is 0. The van der Waals surface area contributed by atoms with Crippen LogP contribution in [0.15, 0.2) is 24.8 Å². The molecule has 1 amide bonds. The van der Waals surface area contributed by atoms with Gasteiger partial charge >= 0.3 is 6.09 Å². The summed E-state index contributed by atoms with van der Waals surface area (Å²) in [7, 11) is 0. The van der Waals surface area contributed by atoms with Crippen LogP contribution < -0.4 is 4.74 Å². The van der Waals surface area contributed by atoms with Crippen LogP contribution in [0.2, 0.25) is 0 Å². The molecule has 1 fully saturated rings. The number of nitrogens with zero attached hydrogens (tertiary/aromatic N) is 4. The van der Waals surface area contributed by atoms with Crippen LogP contribution in [0.3, 0.4) is 0 Å². The van der Waals surface area contributed by atoms with Crippen LogP contribution in [-0.4, -0.2) is 49.7 Å². The van der Waals surface area contributed by atoms with Crippen molar-refractivity contribution >= 4 is 11.7 Å². The van der Waals surface area contributed by atoms with E-state index in [0.717, 1.165) is 12.8 Å². The molecule has 1 saturated heterocycles. The largest absolute Gasteiger partial charge is 0.470 e. The van der Waals surface area contributed by atoms with Gasteiger partial charge in [-0.05, 0) is 40.5 Å². The van der Waals surface area contributed by atoms with Crippen molar-refractivity contribution in [3.05, 3.63) is 24.8 Å². The summed E-state index contributed by atoms with van der Waals surface area (Å²) in [4.78, 5) is 22.7. The molecule has 0 unspecified atom stereocenters. The van der Waals surface area contributed by atoms with Gasteiger partial charge in [-0.2, -0.15) is 0 Å². The summed E-state index contributed by atoms with van der Waals surface area (Å²) in [6.45, 7) is 8.14. The molecule has 3 heterocycles. The van der Waals surface area contributed by atoms with E-state index in [9.17, 15) is 4.79 Å². The zero-order valence-electron chi connectivity index (χ0n) is 14.6. The molecular formula is C17H24N4O3. The number of aromatic nitrogens is 3. The molecule has 0 aliphatic carbocycles. The number of hydrogen-bond donors (Lipinski definition) is 0. The number of fused-ring (bicyclic) bond motifs is 1. The van der Waals surface area contributed by atoms with Gasteiger partial charge in [0.15, 0.2) is 5.65 Å². The third kappa shape index (κ3) is 3.60. The number of likely N-dealkylation sites (tertiary alicyclic amines) is 1. The monoisotopic (exact) mass is 332 g/mol. The Labute approximate surface area is 141 Å². The molecule has 1 aliphatic rings. The molecule has 3 rings (SSSR count). The average molecular weight is 332 g/mol. The van der Waals surface area contributed by atoms with Crippen molar-refractivity contribution in [1.29, 1.82) is 0 Å². The predicted molar refractivity (Wildman–Crippen MR) is 89.0 cm³/mol. The Balaban J connectivity index is 1.71. The van der Waals surface area contributed by atoms with Gasteiger partial charge in [0.05, 0.1) is 6.54 Å². The third-order valence-corrected chi connectivity index (χ3v) is 4.02. The van der Waals surface area contributed by atoms with Crippen molar-refractivity contribution in [2.75, 3.05) is 6.54 Å². The first kappa shape index (κ1) is 16.5. The van der Waals surface area contributed by atoms with Gasteiger partial charge in [0.25, 0.3) is 5.88 Å². The standard InChI is InChI=1S/C17H24N4O3/c1-12-5-6-13(11-21(12)16(22)24-17(2,3)4)23-15-14-18-7-9-20(14)10-8-19-15/h7-10,12-13H,5-6,11H2,1-4H3/t12-,13-/m1/s1. The summed E-state index contributed by atoms with van der Waals surface area (Å²) in [5.41, 5.74) is 0.174. The second-order valence-corrected chi connectivity index (χ2v) is 7.19. The van der Waals surface area contributed by atoms with Crippen molar-refractivity contribution in [2.24, 2.45) is 0 Å². The Morgan fingerprint density at radius 2 is 1.92 bits per heavy atom. The van der Waals surface area contributed by atoms with Gasteiger partial charge in [0.1, 0.15) is 11.7 Å². The van der Waals surface area contributed by atoms with Gasteiger partial charge < -0.3 is 18.8 Å². The van der Waals surface area contributed by atoms with Crippen molar-refractivity contribution in [1.82, 2.24) is 19.3 Å². The number of rotatable bonds is 2. The highest BCUT2D eigenvalue weighted by molar-refractivity contribution is 5.68. The van der Waals surface area contributed by atoms with E-state index in [1.807, 2.05) is 44.5 Å². The number of piperidine rings is 1. The highest BCUT2D eigenvalue weighted by Crippen LogP contribution is 2.24. The molecule has 0 bridgehead atoms. The van der Waals surface area contributed by atoms with E-state index in [-0.39, 0.29) is 18.2 Å². The summed E-state index contributed by atoms with van der Waals surface area (Å²) in [6.07, 6.45) is 8.37. The molecule has 2 atom stereocenters. The lowest BCUT2D eigenvalue weighted by atomic mass is 10.0. The lowest BCUT2D eigenvalue weighted by molar-refractivity contribution is -0.00581. The quantitative estimate of drug-likeness (QED) is 0.846. The molecular weight excluding hydrogens is 308 g/mol. The fourth-order valence-corrected chi connectivity index (χ4v) is 2.82. The molecule has 24 heavy (non-hydrogen) atoms. The summed E-state index contributed by atoms with van der Waals surface area (Å²) < 4.78 is 13.4. The molecule has 7 heteroatoms. The van der Waals surface area contributed by atoms with Gasteiger partial charge in [0.2, 0.25) is 0 Å². The van der Waals surface area contributed by atoms with Crippen LogP contribution >= 0.6 is 0 Å². The lowest BCUT2D eigenvalue weighted by Gasteiger charge is -2.38. The first-order chi connectivity index (χ1) is 11.3. The molecule has 2 aromatic heterocycles. The number of carbonyl (C=O) groups excluding carboxylic acids is 1. The first-order valence-corrected chi connectivity index (χ1v) is 8.27. The normalized spacial score (nSPS) is 21.8. The van der Waals surface area contributed by atoms with E-state index in [1.54, 1.807) is 17.3 Å². The van der Waals surface area contributed by atoms with Crippen molar-refractivity contribution in [3.8, 4) is 5.88 Å². The lowest BCUT2D eigenvalue weighted by Crippen LogP contribution is -2.50. The van der Waals surface area contributed by atoms with Gasteiger partial charge in [-0.1, -0.05) is 0 Å². The van der Waals surface area contributed by atoms with Crippen molar-refractivity contribution in [2.45, 2.75) is 58.3 Å². The molecule has 0 spiro atoms. The van der Waals surface area contributed by atoms with E-state index in [2.05, 4.69) is 9.97 Å². The highest BCUT2D eigenvalue weighted by Gasteiger charge is 2.33. The second-order valence-electron chi connectivity index (χ2n) is 7.19. The second kappa shape index (κ2) is 6.30. The first-order valence-electron chi connectivity index (χ1n) is 8.27. The minimum absolute atomic E-state index is 0.121. The van der Waals surface area contributed by atoms with Crippen molar-refractivity contribution < 1.29 is 14.3 Å². The number of amides is 1. The Kier molecular flexibility index (Phi) is 4.34. The van der Waals surface area contributed by atoms with Crippen LogP contribution in [0.25, 0.3) is 5.65 Å². The smallest absolute Gasteiger partial charge is 0.410 e. The highest BCUT2D eigenvalue weighted by atomic mass is 16.6. The van der Waals surface area contributed by atoms with E-state index in [4.69, 9.17) is 9.47 Å². The molecule has 0 saturated carbocycles. The maximum absolute atomic E-state index is 12.4.